The zero-order valence-electron chi connectivity index (χ0n) is 19.0. The van der Waals surface area contributed by atoms with E-state index in [9.17, 15) is 14.4 Å². The number of nitriles is 1. The summed E-state index contributed by atoms with van der Waals surface area (Å²) < 4.78 is 15.4. The van der Waals surface area contributed by atoms with Crippen molar-refractivity contribution in [2.24, 2.45) is 5.92 Å². The van der Waals surface area contributed by atoms with E-state index in [1.807, 2.05) is 24.1 Å². The largest absolute Gasteiger partial charge is 0.355 e. The molecule has 2 atom stereocenters. The van der Waals surface area contributed by atoms with Crippen molar-refractivity contribution in [3.63, 3.8) is 0 Å². The van der Waals surface area contributed by atoms with Crippen LogP contribution in [-0.4, -0.2) is 45.0 Å². The second kappa shape index (κ2) is 8.47. The van der Waals surface area contributed by atoms with Crippen LogP contribution in [0.3, 0.4) is 0 Å². The van der Waals surface area contributed by atoms with Crippen molar-refractivity contribution in [3.8, 4) is 6.07 Å². The normalized spacial score (nSPS) is 20.9. The number of carbonyl (C=O) groups excluding carboxylic acids is 1. The van der Waals surface area contributed by atoms with Crippen LogP contribution in [0.15, 0.2) is 30.5 Å². The number of aryl methyl sites for hydroxylation is 2. The summed E-state index contributed by atoms with van der Waals surface area (Å²) in [5.74, 6) is 0.513. The second-order valence-electron chi connectivity index (χ2n) is 9.15. The van der Waals surface area contributed by atoms with Crippen LogP contribution < -0.4 is 4.90 Å². The van der Waals surface area contributed by atoms with Gasteiger partial charge >= 0.3 is 0 Å². The van der Waals surface area contributed by atoms with Gasteiger partial charge in [-0.15, -0.1) is 0 Å². The lowest BCUT2D eigenvalue weighted by atomic mass is 9.97. The van der Waals surface area contributed by atoms with Gasteiger partial charge in [0.05, 0.1) is 23.7 Å². The Balaban J connectivity index is 1.46. The second-order valence-corrected chi connectivity index (χ2v) is 9.15. The molecule has 1 amide bonds. The molecule has 0 radical (unpaired) electrons. The Morgan fingerprint density at radius 2 is 2.00 bits per heavy atom. The van der Waals surface area contributed by atoms with E-state index in [1.54, 1.807) is 17.5 Å². The average Bonchev–Trinajstić information content (AvgIpc) is 3.44. The fraction of sp³-hybridized carbons (Fsp3) is 0.440. The topological polar surface area (TPSA) is 77.5 Å². The first kappa shape index (κ1) is 21.4. The van der Waals surface area contributed by atoms with Gasteiger partial charge in [0.15, 0.2) is 5.65 Å². The number of nitrogens with zero attached hydrogens (tertiary/aromatic N) is 6. The summed E-state index contributed by atoms with van der Waals surface area (Å²) in [5, 5.41) is 14.0. The molecule has 1 aromatic carbocycles. The molecule has 0 N–H and O–H groups in total. The number of amides is 1. The third kappa shape index (κ3) is 3.92. The summed E-state index contributed by atoms with van der Waals surface area (Å²) in [7, 11) is 0. The van der Waals surface area contributed by atoms with Crippen LogP contribution >= 0.6 is 0 Å². The monoisotopic (exact) mass is 446 g/mol. The molecule has 33 heavy (non-hydrogen) atoms. The van der Waals surface area contributed by atoms with Crippen molar-refractivity contribution in [1.29, 1.82) is 5.26 Å². The van der Waals surface area contributed by atoms with Crippen LogP contribution in [0.5, 0.6) is 0 Å². The van der Waals surface area contributed by atoms with Gasteiger partial charge in [-0.25, -0.2) is 13.9 Å². The fourth-order valence-electron chi connectivity index (χ4n) is 5.06. The molecule has 7 nitrogen and oxygen atoms in total. The quantitative estimate of drug-likeness (QED) is 0.603. The smallest absolute Gasteiger partial charge is 0.254 e. The van der Waals surface area contributed by atoms with Crippen LogP contribution in [0.4, 0.5) is 10.2 Å². The lowest BCUT2D eigenvalue weighted by molar-refractivity contribution is 0.0605. The van der Waals surface area contributed by atoms with Gasteiger partial charge < -0.3 is 9.80 Å². The number of fused-ring (bicyclic) bond motifs is 1. The van der Waals surface area contributed by atoms with Crippen LogP contribution in [0.1, 0.15) is 58.9 Å². The van der Waals surface area contributed by atoms with Crippen LogP contribution in [0.25, 0.3) is 5.65 Å². The van der Waals surface area contributed by atoms with Crippen molar-refractivity contribution < 1.29 is 9.18 Å². The zero-order valence-corrected chi connectivity index (χ0v) is 19.0. The molecule has 2 saturated heterocycles. The summed E-state index contributed by atoms with van der Waals surface area (Å²) in [6.45, 7) is 5.95. The van der Waals surface area contributed by atoms with Crippen molar-refractivity contribution in [1.82, 2.24) is 19.5 Å². The predicted molar refractivity (Wildman–Crippen MR) is 122 cm³/mol. The molecule has 5 rings (SSSR count). The highest BCUT2D eigenvalue weighted by Crippen LogP contribution is 2.33. The lowest BCUT2D eigenvalue weighted by Crippen LogP contribution is -2.39. The number of piperidine rings is 1. The maximum atomic E-state index is 13.6. The Morgan fingerprint density at radius 1 is 1.15 bits per heavy atom. The summed E-state index contributed by atoms with van der Waals surface area (Å²) in [4.78, 5) is 22.3. The van der Waals surface area contributed by atoms with Gasteiger partial charge in [0, 0.05) is 43.0 Å². The van der Waals surface area contributed by atoms with E-state index in [1.165, 1.54) is 12.1 Å². The van der Waals surface area contributed by atoms with Gasteiger partial charge in [0.1, 0.15) is 11.6 Å². The van der Waals surface area contributed by atoms with Gasteiger partial charge in [-0.2, -0.15) is 10.4 Å². The van der Waals surface area contributed by atoms with E-state index in [4.69, 9.17) is 10.1 Å². The van der Waals surface area contributed by atoms with Gasteiger partial charge in [-0.05, 0) is 63.3 Å². The predicted octanol–water partition coefficient (Wildman–Crippen LogP) is 4.20. The summed E-state index contributed by atoms with van der Waals surface area (Å²) in [6.07, 6.45) is 5.62. The standard InChI is InChI=1S/C25H27FN6O/c1-16-11-19(26)6-7-20(16)25(33)31-9-4-3-5-22(31)21-12-23-28-24(17(2)14-32(23)29-21)30-10-8-18(13-27)15-30/h6-7,11-12,14,18,22H,3-5,8-10,15H2,1-2H3. The maximum absolute atomic E-state index is 13.6. The van der Waals surface area contributed by atoms with Crippen LogP contribution in [0.2, 0.25) is 0 Å². The first-order valence-electron chi connectivity index (χ1n) is 11.5. The van der Waals surface area contributed by atoms with Crippen LogP contribution in [-0.2, 0) is 0 Å². The van der Waals surface area contributed by atoms with Crippen molar-refractivity contribution in [3.05, 3.63) is 58.7 Å². The number of aromatic nitrogens is 3. The number of carbonyl (C=O) groups is 1. The molecule has 0 bridgehead atoms. The van der Waals surface area contributed by atoms with E-state index in [-0.39, 0.29) is 23.7 Å². The third-order valence-electron chi connectivity index (χ3n) is 6.82. The van der Waals surface area contributed by atoms with Gasteiger partial charge in [0.25, 0.3) is 5.91 Å². The highest BCUT2D eigenvalue weighted by molar-refractivity contribution is 5.96. The molecule has 0 saturated carbocycles. The third-order valence-corrected chi connectivity index (χ3v) is 6.82. The Kier molecular flexibility index (Phi) is 5.49. The minimum Gasteiger partial charge on any atom is -0.355 e. The molecule has 2 fully saturated rings. The fourth-order valence-corrected chi connectivity index (χ4v) is 5.06. The molecule has 0 aliphatic carbocycles. The summed E-state index contributed by atoms with van der Waals surface area (Å²) >= 11 is 0. The van der Waals surface area contributed by atoms with Crippen molar-refractivity contribution in [2.75, 3.05) is 24.5 Å². The van der Waals surface area contributed by atoms with Gasteiger partial charge in [-0.3, -0.25) is 4.79 Å². The van der Waals surface area contributed by atoms with Crippen molar-refractivity contribution in [2.45, 2.75) is 45.6 Å². The molecule has 8 heteroatoms. The van der Waals surface area contributed by atoms with E-state index >= 15 is 0 Å². The van der Waals surface area contributed by atoms with E-state index < -0.39 is 0 Å². The molecule has 2 aromatic heterocycles. The number of likely N-dealkylation sites (tertiary alicyclic amines) is 1. The zero-order chi connectivity index (χ0) is 23.1. The Morgan fingerprint density at radius 3 is 2.76 bits per heavy atom. The Labute approximate surface area is 192 Å². The molecular weight excluding hydrogens is 419 g/mol. The van der Waals surface area contributed by atoms with Gasteiger partial charge in [-0.1, -0.05) is 0 Å². The van der Waals surface area contributed by atoms with Gasteiger partial charge in [0.2, 0.25) is 0 Å². The molecule has 2 unspecified atom stereocenters. The average molecular weight is 447 g/mol. The number of halogens is 1. The molecule has 0 spiro atoms. The number of hydrogen-bond acceptors (Lipinski definition) is 5. The lowest BCUT2D eigenvalue weighted by Gasteiger charge is -2.35. The molecule has 3 aromatic rings. The van der Waals surface area contributed by atoms with E-state index in [0.717, 1.165) is 55.0 Å². The molecule has 2 aliphatic rings. The minimum absolute atomic E-state index is 0.0413. The summed E-state index contributed by atoms with van der Waals surface area (Å²) in [5.41, 5.74) is 3.74. The first-order valence-corrected chi connectivity index (χ1v) is 11.5. The molecular formula is C25H27FN6O. The first-order chi connectivity index (χ1) is 15.9. The van der Waals surface area contributed by atoms with E-state index in [0.29, 0.717) is 24.2 Å². The summed E-state index contributed by atoms with van der Waals surface area (Å²) in [6, 6.07) is 8.50. The van der Waals surface area contributed by atoms with E-state index in [2.05, 4.69) is 11.0 Å². The Bertz CT molecular complexity index is 1260. The maximum Gasteiger partial charge on any atom is 0.254 e. The highest BCUT2D eigenvalue weighted by Gasteiger charge is 2.32. The number of rotatable bonds is 3. The number of anilines is 1. The number of benzene rings is 1. The SMILES string of the molecule is Cc1cc(F)ccc1C(=O)N1CCCCC1c1cc2nc(N3CCC(C#N)C3)c(C)cn2n1. The van der Waals surface area contributed by atoms with Crippen molar-refractivity contribution >= 4 is 17.4 Å². The highest BCUT2D eigenvalue weighted by atomic mass is 19.1. The number of hydrogen-bond donors (Lipinski definition) is 0. The molecule has 4 heterocycles. The Hall–Kier alpha value is -3.47. The molecule has 170 valence electrons. The van der Waals surface area contributed by atoms with Crippen LogP contribution in [0, 0.1) is 36.9 Å². The minimum atomic E-state index is -0.337. The molecule has 2 aliphatic heterocycles.